The SMILES string of the molecule is Cc1ccc(C(=O)C(C(C)C(=O)O)N2CCCCC2)cc1. The molecule has 0 bridgehead atoms. The molecule has 1 fully saturated rings. The highest BCUT2D eigenvalue weighted by atomic mass is 16.4. The molecule has 4 nitrogen and oxygen atoms in total. The van der Waals surface area contributed by atoms with Gasteiger partial charge in [-0.3, -0.25) is 14.5 Å². The van der Waals surface area contributed by atoms with Gasteiger partial charge >= 0.3 is 5.97 Å². The van der Waals surface area contributed by atoms with Crippen molar-refractivity contribution >= 4 is 11.8 Å². The van der Waals surface area contributed by atoms with Crippen molar-refractivity contribution in [1.29, 1.82) is 0 Å². The molecule has 1 aromatic rings. The molecule has 2 atom stereocenters. The van der Waals surface area contributed by atoms with Gasteiger partial charge in [-0.2, -0.15) is 0 Å². The fraction of sp³-hybridized carbons (Fsp3) is 0.529. The Morgan fingerprint density at radius 1 is 1.10 bits per heavy atom. The molecule has 1 saturated heterocycles. The fourth-order valence-corrected chi connectivity index (χ4v) is 2.93. The first-order chi connectivity index (χ1) is 10.0. The number of aryl methyl sites for hydroxylation is 1. The molecule has 1 heterocycles. The Balaban J connectivity index is 2.27. The van der Waals surface area contributed by atoms with E-state index in [2.05, 4.69) is 0 Å². The Morgan fingerprint density at radius 3 is 2.19 bits per heavy atom. The molecular weight excluding hydrogens is 266 g/mol. The molecular formula is C17H23NO3. The Hall–Kier alpha value is -1.68. The molecule has 1 aromatic carbocycles. The number of carboxylic acids is 1. The van der Waals surface area contributed by atoms with Crippen LogP contribution in [0.2, 0.25) is 0 Å². The van der Waals surface area contributed by atoms with Crippen LogP contribution in [0.25, 0.3) is 0 Å². The minimum absolute atomic E-state index is 0.0770. The summed E-state index contributed by atoms with van der Waals surface area (Å²) in [6, 6.07) is 6.81. The van der Waals surface area contributed by atoms with Crippen molar-refractivity contribution in [1.82, 2.24) is 4.90 Å². The van der Waals surface area contributed by atoms with Gasteiger partial charge in [-0.25, -0.2) is 0 Å². The van der Waals surface area contributed by atoms with E-state index < -0.39 is 17.9 Å². The van der Waals surface area contributed by atoms with E-state index in [0.29, 0.717) is 5.56 Å². The maximum absolute atomic E-state index is 12.8. The summed E-state index contributed by atoms with van der Waals surface area (Å²) in [4.78, 5) is 26.2. The molecule has 1 N–H and O–H groups in total. The molecule has 1 aliphatic rings. The van der Waals surface area contributed by atoms with Gasteiger partial charge in [0, 0.05) is 5.56 Å². The maximum Gasteiger partial charge on any atom is 0.308 e. The topological polar surface area (TPSA) is 57.6 Å². The standard InChI is InChI=1S/C17H23NO3/c1-12-6-8-14(9-7-12)16(19)15(13(2)17(20)21)18-10-4-3-5-11-18/h6-9,13,15H,3-5,10-11H2,1-2H3,(H,20,21). The second-order valence-corrected chi connectivity index (χ2v) is 5.90. The molecule has 21 heavy (non-hydrogen) atoms. The van der Waals surface area contributed by atoms with Crippen LogP contribution in [0, 0.1) is 12.8 Å². The lowest BCUT2D eigenvalue weighted by Crippen LogP contribution is -2.49. The second-order valence-electron chi connectivity index (χ2n) is 5.90. The molecule has 1 aliphatic heterocycles. The van der Waals surface area contributed by atoms with Gasteiger partial charge in [0.05, 0.1) is 12.0 Å². The molecule has 2 rings (SSSR count). The lowest BCUT2D eigenvalue weighted by molar-refractivity contribution is -0.143. The molecule has 4 heteroatoms. The molecule has 0 radical (unpaired) electrons. The van der Waals surface area contributed by atoms with Crippen molar-refractivity contribution in [2.45, 2.75) is 39.2 Å². The number of piperidine rings is 1. The number of carboxylic acid groups (broad SMARTS) is 1. The molecule has 0 spiro atoms. The molecule has 0 aliphatic carbocycles. The highest BCUT2D eigenvalue weighted by Gasteiger charge is 2.36. The van der Waals surface area contributed by atoms with Gasteiger partial charge in [-0.15, -0.1) is 0 Å². The van der Waals surface area contributed by atoms with E-state index in [9.17, 15) is 14.7 Å². The number of carbonyl (C=O) groups excluding carboxylic acids is 1. The number of aliphatic carboxylic acids is 1. The van der Waals surface area contributed by atoms with Crippen LogP contribution in [-0.4, -0.2) is 40.9 Å². The number of ketones is 1. The number of nitrogens with zero attached hydrogens (tertiary/aromatic N) is 1. The number of benzene rings is 1. The van der Waals surface area contributed by atoms with Crippen LogP contribution in [0.5, 0.6) is 0 Å². The second kappa shape index (κ2) is 6.85. The van der Waals surface area contributed by atoms with Crippen molar-refractivity contribution in [2.75, 3.05) is 13.1 Å². The zero-order valence-corrected chi connectivity index (χ0v) is 12.7. The summed E-state index contributed by atoms with van der Waals surface area (Å²) in [5, 5.41) is 9.34. The van der Waals surface area contributed by atoms with Gasteiger partial charge in [-0.05, 0) is 39.8 Å². The number of carbonyl (C=O) groups is 2. The predicted octanol–water partition coefficient (Wildman–Crippen LogP) is 2.75. The molecule has 0 amide bonds. The average molecular weight is 289 g/mol. The number of rotatable bonds is 5. The molecule has 114 valence electrons. The largest absolute Gasteiger partial charge is 0.481 e. The molecule has 0 aromatic heterocycles. The third kappa shape index (κ3) is 3.70. The summed E-state index contributed by atoms with van der Waals surface area (Å²) in [6.07, 6.45) is 3.22. The van der Waals surface area contributed by atoms with Crippen LogP contribution in [0.3, 0.4) is 0 Å². The zero-order valence-electron chi connectivity index (χ0n) is 12.7. The van der Waals surface area contributed by atoms with Gasteiger partial charge in [0.25, 0.3) is 0 Å². The van der Waals surface area contributed by atoms with E-state index in [-0.39, 0.29) is 5.78 Å². The average Bonchev–Trinajstić information content (AvgIpc) is 2.49. The van der Waals surface area contributed by atoms with Gasteiger partial charge < -0.3 is 5.11 Å². The summed E-state index contributed by atoms with van der Waals surface area (Å²) in [6.45, 7) is 5.21. The monoisotopic (exact) mass is 289 g/mol. The van der Waals surface area contributed by atoms with Gasteiger partial charge in [-0.1, -0.05) is 36.2 Å². The zero-order chi connectivity index (χ0) is 15.4. The number of hydrogen-bond acceptors (Lipinski definition) is 3. The third-order valence-electron chi connectivity index (χ3n) is 4.25. The van der Waals surface area contributed by atoms with Crippen LogP contribution >= 0.6 is 0 Å². The molecule has 2 unspecified atom stereocenters. The van der Waals surface area contributed by atoms with E-state index in [1.54, 1.807) is 19.1 Å². The summed E-state index contributed by atoms with van der Waals surface area (Å²) >= 11 is 0. The first kappa shape index (κ1) is 15.7. The van der Waals surface area contributed by atoms with Gasteiger partial charge in [0.15, 0.2) is 5.78 Å². The van der Waals surface area contributed by atoms with Gasteiger partial charge in [0.2, 0.25) is 0 Å². The smallest absolute Gasteiger partial charge is 0.308 e. The Bertz CT molecular complexity index is 503. The van der Waals surface area contributed by atoms with Crippen molar-refractivity contribution in [3.8, 4) is 0 Å². The quantitative estimate of drug-likeness (QED) is 0.847. The summed E-state index contributed by atoms with van der Waals surface area (Å²) in [5.74, 6) is -1.69. The number of hydrogen-bond donors (Lipinski definition) is 1. The van der Waals surface area contributed by atoms with Crippen LogP contribution in [-0.2, 0) is 4.79 Å². The lowest BCUT2D eigenvalue weighted by atomic mass is 9.90. The van der Waals surface area contributed by atoms with Crippen molar-refractivity contribution in [3.05, 3.63) is 35.4 Å². The normalized spacial score (nSPS) is 19.0. The predicted molar refractivity (Wildman–Crippen MR) is 81.5 cm³/mol. The number of likely N-dealkylation sites (tertiary alicyclic amines) is 1. The van der Waals surface area contributed by atoms with E-state index in [1.807, 2.05) is 24.0 Å². The highest BCUT2D eigenvalue weighted by Crippen LogP contribution is 2.22. The minimum Gasteiger partial charge on any atom is -0.481 e. The minimum atomic E-state index is -0.911. The summed E-state index contributed by atoms with van der Waals surface area (Å²) < 4.78 is 0. The van der Waals surface area contributed by atoms with Crippen LogP contribution in [0.1, 0.15) is 42.1 Å². The molecule has 0 saturated carbocycles. The van der Waals surface area contributed by atoms with E-state index >= 15 is 0 Å². The first-order valence-electron chi connectivity index (χ1n) is 7.58. The first-order valence-corrected chi connectivity index (χ1v) is 7.58. The van der Waals surface area contributed by atoms with Gasteiger partial charge in [0.1, 0.15) is 0 Å². The van der Waals surface area contributed by atoms with Crippen molar-refractivity contribution < 1.29 is 14.7 Å². The highest BCUT2D eigenvalue weighted by molar-refractivity contribution is 6.02. The Kier molecular flexibility index (Phi) is 5.12. The lowest BCUT2D eigenvalue weighted by Gasteiger charge is -2.35. The summed E-state index contributed by atoms with van der Waals surface area (Å²) in [5.41, 5.74) is 1.69. The van der Waals surface area contributed by atoms with E-state index in [4.69, 9.17) is 0 Å². The number of Topliss-reactive ketones (excluding diaryl/α,β-unsaturated/α-hetero) is 1. The van der Waals surface area contributed by atoms with E-state index in [0.717, 1.165) is 37.9 Å². The summed E-state index contributed by atoms with van der Waals surface area (Å²) in [7, 11) is 0. The Morgan fingerprint density at radius 2 is 1.67 bits per heavy atom. The third-order valence-corrected chi connectivity index (χ3v) is 4.25. The Labute approximate surface area is 125 Å². The van der Waals surface area contributed by atoms with Crippen LogP contribution in [0.15, 0.2) is 24.3 Å². The van der Waals surface area contributed by atoms with Crippen molar-refractivity contribution in [3.63, 3.8) is 0 Å². The van der Waals surface area contributed by atoms with Crippen molar-refractivity contribution in [2.24, 2.45) is 5.92 Å². The fourth-order valence-electron chi connectivity index (χ4n) is 2.93. The maximum atomic E-state index is 12.8. The van der Waals surface area contributed by atoms with Crippen LogP contribution in [0.4, 0.5) is 0 Å². The van der Waals surface area contributed by atoms with E-state index in [1.165, 1.54) is 0 Å². The van der Waals surface area contributed by atoms with Crippen LogP contribution < -0.4 is 0 Å².